The Kier molecular flexibility index (Phi) is 5.24. The molecule has 0 aromatic carbocycles. The molecule has 3 rings (SSSR count). The molecule has 0 bridgehead atoms. The molecule has 0 spiro atoms. The van der Waals surface area contributed by atoms with Crippen LogP contribution < -0.4 is 4.74 Å². The highest BCUT2D eigenvalue weighted by atomic mass is 79.9. The van der Waals surface area contributed by atoms with Crippen molar-refractivity contribution in [3.63, 3.8) is 0 Å². The molecule has 1 aliphatic heterocycles. The van der Waals surface area contributed by atoms with Crippen molar-refractivity contribution in [1.29, 1.82) is 0 Å². The molecule has 0 amide bonds. The lowest BCUT2D eigenvalue weighted by Crippen LogP contribution is -2.44. The van der Waals surface area contributed by atoms with Crippen LogP contribution in [0.1, 0.15) is 24.4 Å². The van der Waals surface area contributed by atoms with Crippen molar-refractivity contribution in [2.24, 2.45) is 0 Å². The van der Waals surface area contributed by atoms with E-state index in [1.807, 2.05) is 13.8 Å². The fourth-order valence-electron chi connectivity index (χ4n) is 2.70. The van der Waals surface area contributed by atoms with Gasteiger partial charge in [-0.2, -0.15) is 9.29 Å². The second-order valence-electron chi connectivity index (χ2n) is 5.70. The number of rotatable bonds is 4. The summed E-state index contributed by atoms with van der Waals surface area (Å²) >= 11 is 4.54. The molecular weight excluding hydrogens is 414 g/mol. The minimum absolute atomic E-state index is 0.203. The summed E-state index contributed by atoms with van der Waals surface area (Å²) in [6.07, 6.45) is 1.37. The molecule has 0 radical (unpaired) electrons. The van der Waals surface area contributed by atoms with Crippen molar-refractivity contribution in [2.45, 2.75) is 37.0 Å². The summed E-state index contributed by atoms with van der Waals surface area (Å²) < 4.78 is 34.1. The molecule has 9 heteroatoms. The van der Waals surface area contributed by atoms with Crippen molar-refractivity contribution >= 4 is 37.3 Å². The van der Waals surface area contributed by atoms with E-state index in [4.69, 9.17) is 4.74 Å². The topological polar surface area (TPSA) is 72.4 Å². The lowest BCUT2D eigenvalue weighted by Gasteiger charge is -2.31. The Labute approximate surface area is 154 Å². The van der Waals surface area contributed by atoms with Crippen molar-refractivity contribution < 1.29 is 13.2 Å². The number of thiophene rings is 1. The Balaban J connectivity index is 1.74. The second-order valence-corrected chi connectivity index (χ2v) is 10.3. The number of halogens is 1. The third-order valence-electron chi connectivity index (χ3n) is 3.71. The number of aryl methyl sites for hydroxylation is 2. The summed E-state index contributed by atoms with van der Waals surface area (Å²) in [5, 5.41) is 0. The molecule has 1 aliphatic rings. The molecule has 1 atom stereocenters. The molecule has 24 heavy (non-hydrogen) atoms. The molecule has 2 aromatic rings. The Bertz CT molecular complexity index is 818. The molecule has 1 unspecified atom stereocenters. The summed E-state index contributed by atoms with van der Waals surface area (Å²) in [4.78, 5) is 8.49. The van der Waals surface area contributed by atoms with E-state index in [1.54, 1.807) is 18.2 Å². The average molecular weight is 432 g/mol. The molecule has 130 valence electrons. The second kappa shape index (κ2) is 7.07. The highest BCUT2D eigenvalue weighted by Gasteiger charge is 2.32. The molecular formula is C15H18BrN3O3S2. The fourth-order valence-corrected chi connectivity index (χ4v) is 6.37. The highest BCUT2D eigenvalue weighted by molar-refractivity contribution is 9.11. The van der Waals surface area contributed by atoms with Crippen LogP contribution in [0.5, 0.6) is 5.88 Å². The van der Waals surface area contributed by atoms with Gasteiger partial charge in [0.05, 0.1) is 10.3 Å². The normalized spacial score (nSPS) is 19.4. The molecule has 0 saturated carbocycles. The summed E-state index contributed by atoms with van der Waals surface area (Å²) in [6, 6.07) is 5.16. The van der Waals surface area contributed by atoms with E-state index in [1.165, 1.54) is 15.6 Å². The zero-order valence-electron chi connectivity index (χ0n) is 13.4. The zero-order chi connectivity index (χ0) is 17.3. The van der Waals surface area contributed by atoms with Crippen LogP contribution in [-0.4, -0.2) is 41.9 Å². The minimum atomic E-state index is -3.47. The van der Waals surface area contributed by atoms with Crippen LogP contribution in [-0.2, 0) is 10.0 Å². The molecule has 3 heterocycles. The van der Waals surface area contributed by atoms with Crippen molar-refractivity contribution in [1.82, 2.24) is 14.3 Å². The van der Waals surface area contributed by atoms with Gasteiger partial charge in [0.25, 0.3) is 10.0 Å². The standard InChI is InChI=1S/C15H18BrN3O3S2/c1-10-8-14(18-11(2)17-10)22-12-4-3-7-19(9-12)24(20,21)15-6-5-13(16)23-15/h5-6,8,12H,3-4,7,9H2,1-2H3. The summed E-state index contributed by atoms with van der Waals surface area (Å²) in [5.74, 6) is 1.15. The first-order chi connectivity index (χ1) is 11.3. The van der Waals surface area contributed by atoms with Gasteiger partial charge in [0, 0.05) is 18.3 Å². The van der Waals surface area contributed by atoms with Gasteiger partial charge in [-0.3, -0.25) is 0 Å². The quantitative estimate of drug-likeness (QED) is 0.742. The van der Waals surface area contributed by atoms with Gasteiger partial charge in [0.15, 0.2) is 0 Å². The maximum atomic E-state index is 12.7. The first kappa shape index (κ1) is 17.8. The van der Waals surface area contributed by atoms with Crippen molar-refractivity contribution in [2.75, 3.05) is 13.1 Å². The van der Waals surface area contributed by atoms with E-state index < -0.39 is 10.0 Å². The van der Waals surface area contributed by atoms with Gasteiger partial charge in [-0.1, -0.05) is 0 Å². The minimum Gasteiger partial charge on any atom is -0.473 e. The fraction of sp³-hybridized carbons (Fsp3) is 0.467. The van der Waals surface area contributed by atoms with Crippen LogP contribution in [0.15, 0.2) is 26.2 Å². The summed E-state index contributed by atoms with van der Waals surface area (Å²) in [5.41, 5.74) is 0.834. The van der Waals surface area contributed by atoms with Gasteiger partial charge >= 0.3 is 0 Å². The van der Waals surface area contributed by atoms with Gasteiger partial charge in [-0.05, 0) is 54.8 Å². The van der Waals surface area contributed by atoms with Crippen LogP contribution in [0.4, 0.5) is 0 Å². The van der Waals surface area contributed by atoms with E-state index in [9.17, 15) is 8.42 Å². The van der Waals surface area contributed by atoms with Gasteiger partial charge in [0.1, 0.15) is 16.1 Å². The molecule has 2 aromatic heterocycles. The first-order valence-electron chi connectivity index (χ1n) is 7.59. The molecule has 0 aliphatic carbocycles. The van der Waals surface area contributed by atoms with Gasteiger partial charge in [-0.25, -0.2) is 13.4 Å². The molecule has 0 N–H and O–H groups in total. The van der Waals surface area contributed by atoms with Gasteiger partial charge in [0.2, 0.25) is 5.88 Å². The smallest absolute Gasteiger partial charge is 0.252 e. The Morgan fingerprint density at radius 2 is 2.12 bits per heavy atom. The number of hydrogen-bond donors (Lipinski definition) is 0. The Morgan fingerprint density at radius 3 is 2.79 bits per heavy atom. The Morgan fingerprint density at radius 1 is 1.33 bits per heavy atom. The lowest BCUT2D eigenvalue weighted by molar-refractivity contribution is 0.124. The summed E-state index contributed by atoms with van der Waals surface area (Å²) in [7, 11) is -3.47. The predicted molar refractivity (Wildman–Crippen MR) is 95.9 cm³/mol. The largest absolute Gasteiger partial charge is 0.473 e. The maximum absolute atomic E-state index is 12.7. The third kappa shape index (κ3) is 3.96. The highest BCUT2D eigenvalue weighted by Crippen LogP contribution is 2.30. The maximum Gasteiger partial charge on any atom is 0.252 e. The predicted octanol–water partition coefficient (Wildman–Crippen LogP) is 3.15. The van der Waals surface area contributed by atoms with Crippen molar-refractivity contribution in [3.8, 4) is 5.88 Å². The number of hydrogen-bond acceptors (Lipinski definition) is 6. The van der Waals surface area contributed by atoms with Crippen LogP contribution in [0, 0.1) is 13.8 Å². The molecule has 1 saturated heterocycles. The SMILES string of the molecule is Cc1cc(OC2CCCN(S(=O)(=O)c3ccc(Br)s3)C2)nc(C)n1. The first-order valence-corrected chi connectivity index (χ1v) is 10.6. The number of sulfonamides is 1. The lowest BCUT2D eigenvalue weighted by atomic mass is 10.1. The van der Waals surface area contributed by atoms with E-state index in [0.29, 0.717) is 29.0 Å². The molecule has 1 fully saturated rings. The number of nitrogens with zero attached hydrogens (tertiary/aromatic N) is 3. The van der Waals surface area contributed by atoms with Crippen LogP contribution in [0.25, 0.3) is 0 Å². The summed E-state index contributed by atoms with van der Waals surface area (Å²) in [6.45, 7) is 4.54. The van der Waals surface area contributed by atoms with Crippen LogP contribution >= 0.6 is 27.3 Å². The molecule has 6 nitrogen and oxygen atoms in total. The average Bonchev–Trinajstić information content (AvgIpc) is 2.94. The zero-order valence-corrected chi connectivity index (χ0v) is 16.6. The van der Waals surface area contributed by atoms with Crippen LogP contribution in [0.2, 0.25) is 0 Å². The number of ether oxygens (including phenoxy) is 1. The van der Waals surface area contributed by atoms with E-state index in [0.717, 1.165) is 22.3 Å². The van der Waals surface area contributed by atoms with E-state index in [-0.39, 0.29) is 6.10 Å². The van der Waals surface area contributed by atoms with Crippen molar-refractivity contribution in [3.05, 3.63) is 33.5 Å². The number of aromatic nitrogens is 2. The third-order valence-corrected chi connectivity index (χ3v) is 7.67. The van der Waals surface area contributed by atoms with E-state index in [2.05, 4.69) is 25.9 Å². The van der Waals surface area contributed by atoms with Crippen LogP contribution in [0.3, 0.4) is 0 Å². The Hall–Kier alpha value is -1.03. The van der Waals surface area contributed by atoms with Gasteiger partial charge < -0.3 is 4.74 Å². The number of piperidine rings is 1. The monoisotopic (exact) mass is 431 g/mol. The van der Waals surface area contributed by atoms with Gasteiger partial charge in [-0.15, -0.1) is 11.3 Å². The van der Waals surface area contributed by atoms with E-state index >= 15 is 0 Å².